The van der Waals surface area contributed by atoms with Crippen molar-refractivity contribution in [1.82, 2.24) is 5.32 Å². The summed E-state index contributed by atoms with van der Waals surface area (Å²) in [5.74, 6) is 2.67. The van der Waals surface area contributed by atoms with Crippen LogP contribution in [0.15, 0.2) is 23.2 Å². The minimum Gasteiger partial charge on any atom is -0.370 e. The van der Waals surface area contributed by atoms with E-state index in [0.717, 1.165) is 5.56 Å². The Morgan fingerprint density at radius 1 is 1.59 bits per heavy atom. The van der Waals surface area contributed by atoms with Crippen LogP contribution in [-0.4, -0.2) is 12.5 Å². The van der Waals surface area contributed by atoms with E-state index < -0.39 is 0 Å². The molecule has 0 aliphatic rings. The predicted molar refractivity (Wildman–Crippen MR) is 73.3 cm³/mol. The highest BCUT2D eigenvalue weighted by atomic mass is 35.5. The number of hydrogen-bond donors (Lipinski definition) is 2. The van der Waals surface area contributed by atoms with Crippen LogP contribution in [0.3, 0.4) is 0 Å². The smallest absolute Gasteiger partial charge is 0.190 e. The molecular formula is C12H13Cl2N3. The normalized spacial score (nSPS) is 12.9. The number of terminal acetylenes is 1. The van der Waals surface area contributed by atoms with E-state index in [2.05, 4.69) is 16.2 Å². The third kappa shape index (κ3) is 4.18. The van der Waals surface area contributed by atoms with Crippen molar-refractivity contribution in [2.24, 2.45) is 10.7 Å². The monoisotopic (exact) mass is 269 g/mol. The van der Waals surface area contributed by atoms with E-state index in [1.165, 1.54) is 0 Å². The van der Waals surface area contributed by atoms with Gasteiger partial charge < -0.3 is 11.1 Å². The third-order valence-corrected chi connectivity index (χ3v) is 2.70. The van der Waals surface area contributed by atoms with Gasteiger partial charge >= 0.3 is 0 Å². The summed E-state index contributed by atoms with van der Waals surface area (Å²) in [6.45, 7) is 2.17. The van der Waals surface area contributed by atoms with Crippen LogP contribution >= 0.6 is 23.2 Å². The lowest BCUT2D eigenvalue weighted by Gasteiger charge is -2.16. The van der Waals surface area contributed by atoms with Crippen LogP contribution in [0, 0.1) is 12.3 Å². The van der Waals surface area contributed by atoms with Crippen LogP contribution in [0.4, 0.5) is 0 Å². The average Bonchev–Trinajstić information content (AvgIpc) is 2.26. The van der Waals surface area contributed by atoms with Crippen LogP contribution in [0.5, 0.6) is 0 Å². The molecule has 0 heterocycles. The summed E-state index contributed by atoms with van der Waals surface area (Å²) in [5.41, 5.74) is 6.55. The van der Waals surface area contributed by atoms with Crippen molar-refractivity contribution in [1.29, 1.82) is 0 Å². The van der Waals surface area contributed by atoms with E-state index in [-0.39, 0.29) is 12.6 Å². The van der Waals surface area contributed by atoms with Crippen molar-refractivity contribution >= 4 is 29.2 Å². The molecule has 0 aliphatic carbocycles. The Labute approximate surface area is 111 Å². The highest BCUT2D eigenvalue weighted by Gasteiger charge is 2.10. The predicted octanol–water partition coefficient (Wildman–Crippen LogP) is 2.59. The number of halogens is 2. The molecule has 1 atom stereocenters. The SMILES string of the molecule is C#CCN=C(N)NC(C)c1ccc(Cl)cc1Cl. The van der Waals surface area contributed by atoms with Crippen molar-refractivity contribution in [3.8, 4) is 12.3 Å². The molecular weight excluding hydrogens is 257 g/mol. The largest absolute Gasteiger partial charge is 0.370 e. The van der Waals surface area contributed by atoms with E-state index in [4.69, 9.17) is 35.4 Å². The van der Waals surface area contributed by atoms with Gasteiger partial charge in [0.05, 0.1) is 6.04 Å². The maximum absolute atomic E-state index is 6.07. The summed E-state index contributed by atoms with van der Waals surface area (Å²) in [4.78, 5) is 3.93. The van der Waals surface area contributed by atoms with Crippen molar-refractivity contribution in [3.05, 3.63) is 33.8 Å². The number of aliphatic imine (C=N–C) groups is 1. The first-order chi connectivity index (χ1) is 8.04. The summed E-state index contributed by atoms with van der Waals surface area (Å²) < 4.78 is 0. The quantitative estimate of drug-likeness (QED) is 0.504. The topological polar surface area (TPSA) is 50.4 Å². The Morgan fingerprint density at radius 3 is 2.88 bits per heavy atom. The minimum absolute atomic E-state index is 0.0682. The van der Waals surface area contributed by atoms with Gasteiger partial charge in [-0.15, -0.1) is 6.42 Å². The molecule has 0 fully saturated rings. The van der Waals surface area contributed by atoms with E-state index in [1.54, 1.807) is 12.1 Å². The van der Waals surface area contributed by atoms with Crippen molar-refractivity contribution < 1.29 is 0 Å². The standard InChI is InChI=1S/C12H13Cl2N3/c1-3-6-16-12(15)17-8(2)10-5-4-9(13)7-11(10)14/h1,4-5,7-8H,6H2,2H3,(H3,15,16,17). The summed E-state index contributed by atoms with van der Waals surface area (Å²) in [5, 5.41) is 4.18. The molecule has 1 rings (SSSR count). The van der Waals surface area contributed by atoms with E-state index in [9.17, 15) is 0 Å². The van der Waals surface area contributed by atoms with Gasteiger partial charge in [0, 0.05) is 10.0 Å². The Hall–Kier alpha value is -1.37. The van der Waals surface area contributed by atoms with Crippen LogP contribution in [0.2, 0.25) is 10.0 Å². The van der Waals surface area contributed by atoms with Crippen molar-refractivity contribution in [3.63, 3.8) is 0 Å². The fourth-order valence-corrected chi connectivity index (χ4v) is 1.90. The molecule has 0 saturated heterocycles. The Kier molecular flexibility index (Phi) is 5.14. The maximum Gasteiger partial charge on any atom is 0.190 e. The number of benzene rings is 1. The molecule has 0 spiro atoms. The number of nitrogens with one attached hydrogen (secondary N) is 1. The van der Waals surface area contributed by atoms with Gasteiger partial charge in [0.1, 0.15) is 6.54 Å². The summed E-state index contributed by atoms with van der Waals surface area (Å²) >= 11 is 11.9. The molecule has 1 aromatic rings. The van der Waals surface area contributed by atoms with Crippen molar-refractivity contribution in [2.45, 2.75) is 13.0 Å². The fourth-order valence-electron chi connectivity index (χ4n) is 1.33. The maximum atomic E-state index is 6.07. The molecule has 0 aromatic heterocycles. The van der Waals surface area contributed by atoms with E-state index in [0.29, 0.717) is 16.0 Å². The molecule has 0 saturated carbocycles. The lowest BCUT2D eigenvalue weighted by Crippen LogP contribution is -2.34. The molecule has 0 aliphatic heterocycles. The summed E-state index contributed by atoms with van der Waals surface area (Å²) in [6, 6.07) is 5.24. The molecule has 1 aromatic carbocycles. The number of hydrogen-bond acceptors (Lipinski definition) is 1. The van der Waals surface area contributed by atoms with Gasteiger partial charge in [-0.3, -0.25) is 0 Å². The van der Waals surface area contributed by atoms with E-state index >= 15 is 0 Å². The summed E-state index contributed by atoms with van der Waals surface area (Å²) in [6.07, 6.45) is 5.08. The first kappa shape index (κ1) is 13.7. The minimum atomic E-state index is -0.0682. The number of nitrogens with two attached hydrogens (primary N) is 1. The van der Waals surface area contributed by atoms with Crippen LogP contribution in [-0.2, 0) is 0 Å². The fraction of sp³-hybridized carbons (Fsp3) is 0.250. The lowest BCUT2D eigenvalue weighted by molar-refractivity contribution is 0.710. The molecule has 17 heavy (non-hydrogen) atoms. The molecule has 3 nitrogen and oxygen atoms in total. The van der Waals surface area contributed by atoms with Gasteiger partial charge in [-0.05, 0) is 24.6 Å². The van der Waals surface area contributed by atoms with E-state index in [1.807, 2.05) is 13.0 Å². The first-order valence-corrected chi connectivity index (χ1v) is 5.75. The zero-order valence-corrected chi connectivity index (χ0v) is 10.9. The van der Waals surface area contributed by atoms with Gasteiger partial charge in [-0.25, -0.2) is 4.99 Å². The molecule has 5 heteroatoms. The van der Waals surface area contributed by atoms with Gasteiger partial charge in [0.25, 0.3) is 0 Å². The number of guanidine groups is 1. The summed E-state index contributed by atoms with van der Waals surface area (Å²) in [7, 11) is 0. The number of nitrogens with zero attached hydrogens (tertiary/aromatic N) is 1. The second-order valence-electron chi connectivity index (χ2n) is 3.44. The second-order valence-corrected chi connectivity index (χ2v) is 4.28. The molecule has 1 unspecified atom stereocenters. The third-order valence-electron chi connectivity index (χ3n) is 2.13. The van der Waals surface area contributed by atoms with Gasteiger partial charge in [0.2, 0.25) is 0 Å². The first-order valence-electron chi connectivity index (χ1n) is 4.99. The van der Waals surface area contributed by atoms with Gasteiger partial charge in [-0.2, -0.15) is 0 Å². The second kappa shape index (κ2) is 6.39. The average molecular weight is 270 g/mol. The van der Waals surface area contributed by atoms with Gasteiger partial charge in [-0.1, -0.05) is 35.2 Å². The molecule has 0 bridgehead atoms. The van der Waals surface area contributed by atoms with Gasteiger partial charge in [0.15, 0.2) is 5.96 Å². The number of rotatable bonds is 3. The highest BCUT2D eigenvalue weighted by Crippen LogP contribution is 2.25. The Morgan fingerprint density at radius 2 is 2.29 bits per heavy atom. The van der Waals surface area contributed by atoms with Crippen LogP contribution in [0.1, 0.15) is 18.5 Å². The Bertz CT molecular complexity index is 463. The molecule has 90 valence electrons. The molecule has 0 amide bonds. The lowest BCUT2D eigenvalue weighted by atomic mass is 10.1. The zero-order chi connectivity index (χ0) is 12.8. The molecule has 3 N–H and O–H groups in total. The van der Waals surface area contributed by atoms with Crippen LogP contribution < -0.4 is 11.1 Å². The zero-order valence-electron chi connectivity index (χ0n) is 9.37. The Balaban J connectivity index is 2.77. The highest BCUT2D eigenvalue weighted by molar-refractivity contribution is 6.35. The molecule has 0 radical (unpaired) electrons. The van der Waals surface area contributed by atoms with Crippen LogP contribution in [0.25, 0.3) is 0 Å². The van der Waals surface area contributed by atoms with Crippen molar-refractivity contribution in [2.75, 3.05) is 6.54 Å².